The summed E-state index contributed by atoms with van der Waals surface area (Å²) in [5.74, 6) is 0. The van der Waals surface area contributed by atoms with E-state index in [2.05, 4.69) is 42.9 Å². The first-order valence-electron chi connectivity index (χ1n) is 4.63. The first-order chi connectivity index (χ1) is 7.74. The van der Waals surface area contributed by atoms with Crippen LogP contribution in [0, 0.1) is 0 Å². The van der Waals surface area contributed by atoms with Crippen LogP contribution in [-0.4, -0.2) is 9.38 Å². The molecule has 0 bridgehead atoms. The van der Waals surface area contributed by atoms with Gasteiger partial charge in [0.05, 0.1) is 18.8 Å². The predicted molar refractivity (Wildman–Crippen MR) is 73.9 cm³/mol. The molecule has 0 aliphatic rings. The molecule has 3 rings (SSSR count). The summed E-state index contributed by atoms with van der Waals surface area (Å²) in [7, 11) is 0. The third-order valence-corrected chi connectivity index (χ3v) is 4.53. The molecule has 3 heterocycles. The summed E-state index contributed by atoms with van der Waals surface area (Å²) in [4.78, 5) is 5.77. The van der Waals surface area contributed by atoms with Gasteiger partial charge in [-0.1, -0.05) is 0 Å². The Balaban J connectivity index is 2.22. The van der Waals surface area contributed by atoms with E-state index in [0.29, 0.717) is 0 Å². The van der Waals surface area contributed by atoms with E-state index in [1.807, 2.05) is 35.0 Å². The third-order valence-electron chi connectivity index (χ3n) is 2.26. The molecule has 0 amide bonds. The van der Waals surface area contributed by atoms with Crippen LogP contribution in [0.4, 0.5) is 0 Å². The second kappa shape index (κ2) is 3.98. The van der Waals surface area contributed by atoms with Crippen LogP contribution >= 0.6 is 43.2 Å². The second-order valence-electron chi connectivity index (χ2n) is 3.32. The summed E-state index contributed by atoms with van der Waals surface area (Å²) in [6, 6.07) is 8.10. The van der Waals surface area contributed by atoms with Crippen molar-refractivity contribution in [2.24, 2.45) is 0 Å². The van der Waals surface area contributed by atoms with Crippen molar-refractivity contribution in [1.82, 2.24) is 9.38 Å². The summed E-state index contributed by atoms with van der Waals surface area (Å²) in [5, 5.41) is 0. The molecule has 0 saturated carbocycles. The van der Waals surface area contributed by atoms with Crippen LogP contribution < -0.4 is 0 Å². The van der Waals surface area contributed by atoms with E-state index in [1.54, 1.807) is 11.3 Å². The molecule has 0 saturated heterocycles. The minimum Gasteiger partial charge on any atom is -0.305 e. The Hall–Kier alpha value is -0.650. The summed E-state index contributed by atoms with van der Waals surface area (Å²) < 4.78 is 4.16. The van der Waals surface area contributed by atoms with Gasteiger partial charge in [0.1, 0.15) is 0 Å². The Kier molecular flexibility index (Phi) is 2.61. The number of hydrogen-bond donors (Lipinski definition) is 0. The van der Waals surface area contributed by atoms with Gasteiger partial charge in [0.25, 0.3) is 0 Å². The zero-order valence-corrected chi connectivity index (χ0v) is 12.0. The molecule has 16 heavy (non-hydrogen) atoms. The predicted octanol–water partition coefficient (Wildman–Crippen LogP) is 4.59. The lowest BCUT2D eigenvalue weighted by Gasteiger charge is -1.92. The average Bonchev–Trinajstić information content (AvgIpc) is 2.84. The van der Waals surface area contributed by atoms with Crippen molar-refractivity contribution < 1.29 is 0 Å². The lowest BCUT2D eigenvalue weighted by atomic mass is 10.4. The molecule has 0 fully saturated rings. The van der Waals surface area contributed by atoms with Gasteiger partial charge < -0.3 is 4.40 Å². The summed E-state index contributed by atoms with van der Waals surface area (Å²) in [6.45, 7) is 0. The molecule has 80 valence electrons. The van der Waals surface area contributed by atoms with E-state index < -0.39 is 0 Å². The molecule has 0 aromatic carbocycles. The number of halogens is 2. The maximum absolute atomic E-state index is 4.60. The van der Waals surface area contributed by atoms with Gasteiger partial charge in [0.15, 0.2) is 5.65 Å². The Morgan fingerprint density at radius 3 is 2.75 bits per heavy atom. The van der Waals surface area contributed by atoms with Crippen LogP contribution in [-0.2, 0) is 0 Å². The van der Waals surface area contributed by atoms with Crippen molar-refractivity contribution in [2.45, 2.75) is 0 Å². The van der Waals surface area contributed by atoms with Gasteiger partial charge in [0, 0.05) is 12.4 Å². The number of imidazole rings is 1. The van der Waals surface area contributed by atoms with E-state index in [9.17, 15) is 0 Å². The fraction of sp³-hybridized carbons (Fsp3) is 0. The van der Waals surface area contributed by atoms with E-state index >= 15 is 0 Å². The van der Waals surface area contributed by atoms with Crippen LogP contribution in [0.2, 0.25) is 0 Å². The molecule has 3 aromatic heterocycles. The van der Waals surface area contributed by atoms with Crippen molar-refractivity contribution >= 4 is 48.8 Å². The number of thiophene rings is 1. The zero-order chi connectivity index (χ0) is 11.1. The smallest absolute Gasteiger partial charge is 0.151 e. The molecule has 0 aliphatic carbocycles. The minimum atomic E-state index is 0.946. The van der Waals surface area contributed by atoms with Crippen LogP contribution in [0.25, 0.3) is 16.2 Å². The van der Waals surface area contributed by atoms with Gasteiger partial charge in [-0.25, -0.2) is 4.98 Å². The van der Waals surface area contributed by atoms with Crippen molar-refractivity contribution in [3.05, 3.63) is 44.9 Å². The molecular formula is C11H6Br2N2S. The summed E-state index contributed by atoms with van der Waals surface area (Å²) in [6.07, 6.45) is 4.04. The maximum Gasteiger partial charge on any atom is 0.151 e. The highest BCUT2D eigenvalue weighted by Crippen LogP contribution is 2.31. The molecule has 0 atom stereocenters. The van der Waals surface area contributed by atoms with Crippen molar-refractivity contribution in [1.29, 1.82) is 0 Å². The van der Waals surface area contributed by atoms with Crippen LogP contribution in [0.15, 0.2) is 44.9 Å². The quantitative estimate of drug-likeness (QED) is 0.622. The van der Waals surface area contributed by atoms with Gasteiger partial charge in [-0.05, 0) is 56.1 Å². The highest BCUT2D eigenvalue weighted by Gasteiger charge is 2.08. The molecule has 2 nitrogen and oxygen atoms in total. The second-order valence-corrected chi connectivity index (χ2v) is 6.63. The third kappa shape index (κ3) is 1.73. The average molecular weight is 358 g/mol. The van der Waals surface area contributed by atoms with Crippen LogP contribution in [0.1, 0.15) is 0 Å². The SMILES string of the molecule is Brc1ccc(-c2cn3cccc(Br)c3n2)s1. The first-order valence-corrected chi connectivity index (χ1v) is 7.03. The molecular weight excluding hydrogens is 352 g/mol. The zero-order valence-electron chi connectivity index (χ0n) is 8.02. The Morgan fingerprint density at radius 2 is 2.06 bits per heavy atom. The Morgan fingerprint density at radius 1 is 1.19 bits per heavy atom. The van der Waals surface area contributed by atoms with E-state index in [1.165, 1.54) is 4.88 Å². The lowest BCUT2D eigenvalue weighted by molar-refractivity contribution is 1.18. The van der Waals surface area contributed by atoms with Gasteiger partial charge >= 0.3 is 0 Å². The number of rotatable bonds is 1. The van der Waals surface area contributed by atoms with Crippen LogP contribution in [0.5, 0.6) is 0 Å². The number of pyridine rings is 1. The van der Waals surface area contributed by atoms with Crippen molar-refractivity contribution in [3.63, 3.8) is 0 Å². The van der Waals surface area contributed by atoms with Gasteiger partial charge in [0.2, 0.25) is 0 Å². The topological polar surface area (TPSA) is 17.3 Å². The molecule has 5 heteroatoms. The standard InChI is InChI=1S/C11H6Br2N2S/c12-7-2-1-5-15-6-8(14-11(7)15)9-3-4-10(13)16-9/h1-6H. The van der Waals surface area contributed by atoms with Crippen LogP contribution in [0.3, 0.4) is 0 Å². The Bertz CT molecular complexity index is 657. The van der Waals surface area contributed by atoms with Gasteiger partial charge in [-0.15, -0.1) is 11.3 Å². The van der Waals surface area contributed by atoms with Crippen molar-refractivity contribution in [2.75, 3.05) is 0 Å². The monoisotopic (exact) mass is 356 g/mol. The van der Waals surface area contributed by atoms with Crippen molar-refractivity contribution in [3.8, 4) is 10.6 Å². The van der Waals surface area contributed by atoms with E-state index in [0.717, 1.165) is 19.6 Å². The number of hydrogen-bond acceptors (Lipinski definition) is 2. The number of aromatic nitrogens is 2. The number of nitrogens with zero attached hydrogens (tertiary/aromatic N) is 2. The Labute approximate surface area is 113 Å². The number of fused-ring (bicyclic) bond motifs is 1. The minimum absolute atomic E-state index is 0.946. The molecule has 0 unspecified atom stereocenters. The summed E-state index contributed by atoms with van der Waals surface area (Å²) >= 11 is 8.65. The molecule has 0 N–H and O–H groups in total. The van der Waals surface area contributed by atoms with E-state index in [4.69, 9.17) is 0 Å². The highest BCUT2D eigenvalue weighted by molar-refractivity contribution is 9.11. The fourth-order valence-electron chi connectivity index (χ4n) is 1.55. The molecule has 3 aromatic rings. The molecule has 0 aliphatic heterocycles. The van der Waals surface area contributed by atoms with Gasteiger partial charge in [-0.3, -0.25) is 0 Å². The fourth-order valence-corrected chi connectivity index (χ4v) is 3.34. The first kappa shape index (κ1) is 10.5. The van der Waals surface area contributed by atoms with E-state index in [-0.39, 0.29) is 0 Å². The largest absolute Gasteiger partial charge is 0.305 e. The highest BCUT2D eigenvalue weighted by atomic mass is 79.9. The summed E-state index contributed by atoms with van der Waals surface area (Å²) in [5.41, 5.74) is 1.95. The molecule has 0 radical (unpaired) electrons. The van der Waals surface area contributed by atoms with Gasteiger partial charge in [-0.2, -0.15) is 0 Å². The normalized spacial score (nSPS) is 11.1. The maximum atomic E-state index is 4.60. The molecule has 0 spiro atoms. The lowest BCUT2D eigenvalue weighted by Crippen LogP contribution is -1.80.